The lowest BCUT2D eigenvalue weighted by molar-refractivity contribution is 0.158. The Bertz CT molecular complexity index is 457. The number of nitrogens with one attached hydrogen (secondary N) is 1. The highest BCUT2D eigenvalue weighted by atomic mass is 79.9. The van der Waals surface area contributed by atoms with Crippen LogP contribution < -0.4 is 10.1 Å². The summed E-state index contributed by atoms with van der Waals surface area (Å²) in [6.45, 7) is 8.62. The predicted molar refractivity (Wildman–Crippen MR) is 80.5 cm³/mol. The molecule has 3 nitrogen and oxygen atoms in total. The van der Waals surface area contributed by atoms with Gasteiger partial charge in [-0.25, -0.2) is 0 Å². The van der Waals surface area contributed by atoms with Gasteiger partial charge in [-0.2, -0.15) is 0 Å². The average Bonchev–Trinajstić information content (AvgIpc) is 2.69. The van der Waals surface area contributed by atoms with Gasteiger partial charge in [0.25, 0.3) is 0 Å². The van der Waals surface area contributed by atoms with Gasteiger partial charge in [0.2, 0.25) is 0 Å². The van der Waals surface area contributed by atoms with Crippen LogP contribution >= 0.6 is 15.9 Å². The molecule has 1 aromatic rings. The maximum absolute atomic E-state index is 5.85. The third kappa shape index (κ3) is 3.12. The second kappa shape index (κ2) is 5.43. The quantitative estimate of drug-likeness (QED) is 0.905. The molecule has 0 aromatic heterocycles. The van der Waals surface area contributed by atoms with E-state index >= 15 is 0 Å². The normalized spacial score (nSPS) is 27.7. The van der Waals surface area contributed by atoms with Crippen molar-refractivity contribution in [1.29, 1.82) is 0 Å². The number of benzene rings is 1. The number of hydrogen-bond donors (Lipinski definition) is 1. The number of ether oxygens (including phenoxy) is 1. The zero-order valence-electron chi connectivity index (χ0n) is 11.4. The first kappa shape index (κ1) is 13.4. The molecule has 3 rings (SSSR count). The summed E-state index contributed by atoms with van der Waals surface area (Å²) < 4.78 is 6.98. The maximum Gasteiger partial charge on any atom is 0.123 e. The lowest BCUT2D eigenvalue weighted by Gasteiger charge is -2.30. The van der Waals surface area contributed by atoms with Crippen molar-refractivity contribution in [2.45, 2.75) is 19.9 Å². The number of rotatable bonds is 2. The Labute approximate surface area is 123 Å². The van der Waals surface area contributed by atoms with Crippen molar-refractivity contribution in [3.63, 3.8) is 0 Å². The molecule has 1 N–H and O–H groups in total. The fourth-order valence-electron chi connectivity index (χ4n) is 3.10. The van der Waals surface area contributed by atoms with Gasteiger partial charge >= 0.3 is 0 Å². The smallest absolute Gasteiger partial charge is 0.123 e. The van der Waals surface area contributed by atoms with Crippen molar-refractivity contribution >= 4 is 15.9 Å². The SMILES string of the molecule is CC1(CN2CCOc3ccc(Br)cc3C2)CCNC1. The Balaban J connectivity index is 1.74. The number of fused-ring (bicyclic) bond motifs is 1. The first-order valence-corrected chi connectivity index (χ1v) is 7.78. The third-order valence-corrected chi connectivity index (χ3v) is 4.64. The van der Waals surface area contributed by atoms with E-state index in [2.05, 4.69) is 51.3 Å². The van der Waals surface area contributed by atoms with Gasteiger partial charge < -0.3 is 10.1 Å². The topological polar surface area (TPSA) is 24.5 Å². The summed E-state index contributed by atoms with van der Waals surface area (Å²) in [5.74, 6) is 1.04. The molecule has 0 saturated carbocycles. The lowest BCUT2D eigenvalue weighted by atomic mass is 9.89. The third-order valence-electron chi connectivity index (χ3n) is 4.14. The number of nitrogens with zero attached hydrogens (tertiary/aromatic N) is 1. The number of hydrogen-bond acceptors (Lipinski definition) is 3. The van der Waals surface area contributed by atoms with Crippen LogP contribution in [0.25, 0.3) is 0 Å². The molecule has 1 aromatic carbocycles. The van der Waals surface area contributed by atoms with Crippen LogP contribution in [0.3, 0.4) is 0 Å². The van der Waals surface area contributed by atoms with E-state index in [0.717, 1.165) is 49.6 Å². The monoisotopic (exact) mass is 324 g/mol. The second-order valence-electron chi connectivity index (χ2n) is 6.05. The van der Waals surface area contributed by atoms with E-state index in [1.165, 1.54) is 12.0 Å². The Morgan fingerprint density at radius 1 is 1.47 bits per heavy atom. The molecular formula is C15H21BrN2O. The fraction of sp³-hybridized carbons (Fsp3) is 0.600. The summed E-state index contributed by atoms with van der Waals surface area (Å²) in [5.41, 5.74) is 1.71. The van der Waals surface area contributed by atoms with E-state index in [-0.39, 0.29) is 0 Å². The summed E-state index contributed by atoms with van der Waals surface area (Å²) in [6, 6.07) is 6.31. The zero-order chi connectivity index (χ0) is 13.3. The highest BCUT2D eigenvalue weighted by Gasteiger charge is 2.31. The fourth-order valence-corrected chi connectivity index (χ4v) is 3.50. The molecule has 0 aliphatic carbocycles. The van der Waals surface area contributed by atoms with E-state index in [1.807, 2.05) is 0 Å². The lowest BCUT2D eigenvalue weighted by Crippen LogP contribution is -2.38. The molecule has 0 amide bonds. The van der Waals surface area contributed by atoms with Crippen LogP contribution in [0.15, 0.2) is 22.7 Å². The second-order valence-corrected chi connectivity index (χ2v) is 6.96. The van der Waals surface area contributed by atoms with Crippen LogP contribution in [0, 0.1) is 5.41 Å². The van der Waals surface area contributed by atoms with Gasteiger partial charge in [-0.1, -0.05) is 22.9 Å². The van der Waals surface area contributed by atoms with E-state index in [4.69, 9.17) is 4.74 Å². The van der Waals surface area contributed by atoms with Gasteiger partial charge in [-0.3, -0.25) is 4.90 Å². The highest BCUT2D eigenvalue weighted by Crippen LogP contribution is 2.30. The highest BCUT2D eigenvalue weighted by molar-refractivity contribution is 9.10. The van der Waals surface area contributed by atoms with Gasteiger partial charge in [-0.15, -0.1) is 0 Å². The zero-order valence-corrected chi connectivity index (χ0v) is 13.0. The summed E-state index contributed by atoms with van der Waals surface area (Å²) in [6.07, 6.45) is 1.27. The van der Waals surface area contributed by atoms with E-state index in [0.29, 0.717) is 5.41 Å². The van der Waals surface area contributed by atoms with Crippen molar-refractivity contribution in [2.24, 2.45) is 5.41 Å². The summed E-state index contributed by atoms with van der Waals surface area (Å²) in [4.78, 5) is 2.53. The molecule has 0 radical (unpaired) electrons. The van der Waals surface area contributed by atoms with Crippen LogP contribution in [0.2, 0.25) is 0 Å². The minimum absolute atomic E-state index is 0.413. The Morgan fingerprint density at radius 3 is 3.16 bits per heavy atom. The molecule has 1 unspecified atom stereocenters. The molecule has 0 bridgehead atoms. The molecule has 2 aliphatic heterocycles. The van der Waals surface area contributed by atoms with E-state index in [1.54, 1.807) is 0 Å². The van der Waals surface area contributed by atoms with Gasteiger partial charge in [0, 0.05) is 36.2 Å². The Kier molecular flexibility index (Phi) is 3.83. The van der Waals surface area contributed by atoms with Gasteiger partial charge in [0.15, 0.2) is 0 Å². The van der Waals surface area contributed by atoms with Crippen LogP contribution in [0.1, 0.15) is 18.9 Å². The molecule has 2 aliphatic rings. The molecule has 1 fully saturated rings. The van der Waals surface area contributed by atoms with Gasteiger partial charge in [-0.05, 0) is 36.6 Å². The summed E-state index contributed by atoms with van der Waals surface area (Å²) in [5, 5.41) is 3.48. The van der Waals surface area contributed by atoms with Crippen LogP contribution in [0.5, 0.6) is 5.75 Å². The molecule has 1 saturated heterocycles. The summed E-state index contributed by atoms with van der Waals surface area (Å²) >= 11 is 3.55. The van der Waals surface area contributed by atoms with E-state index < -0.39 is 0 Å². The average molecular weight is 325 g/mol. The molecular weight excluding hydrogens is 304 g/mol. The number of halogens is 1. The minimum atomic E-state index is 0.413. The molecule has 1 atom stereocenters. The maximum atomic E-state index is 5.85. The molecule has 19 heavy (non-hydrogen) atoms. The van der Waals surface area contributed by atoms with Crippen LogP contribution in [0.4, 0.5) is 0 Å². The Hall–Kier alpha value is -0.580. The van der Waals surface area contributed by atoms with Crippen molar-refractivity contribution in [1.82, 2.24) is 10.2 Å². The first-order chi connectivity index (χ1) is 9.15. The standard InChI is InChI=1S/C15H21BrN2O/c1-15(4-5-17-10-15)11-18-6-7-19-14-3-2-13(16)8-12(14)9-18/h2-3,8,17H,4-7,9-11H2,1H3. The largest absolute Gasteiger partial charge is 0.492 e. The predicted octanol–water partition coefficient (Wildman–Crippen LogP) is 2.64. The van der Waals surface area contributed by atoms with Gasteiger partial charge in [0.1, 0.15) is 12.4 Å². The molecule has 4 heteroatoms. The van der Waals surface area contributed by atoms with E-state index in [9.17, 15) is 0 Å². The van der Waals surface area contributed by atoms with Gasteiger partial charge in [0.05, 0.1) is 0 Å². The Morgan fingerprint density at radius 2 is 2.37 bits per heavy atom. The van der Waals surface area contributed by atoms with Crippen LogP contribution in [-0.4, -0.2) is 37.7 Å². The molecule has 104 valence electrons. The molecule has 2 heterocycles. The van der Waals surface area contributed by atoms with Crippen LogP contribution in [-0.2, 0) is 6.54 Å². The van der Waals surface area contributed by atoms with Crippen molar-refractivity contribution < 1.29 is 4.74 Å². The minimum Gasteiger partial charge on any atom is -0.492 e. The van der Waals surface area contributed by atoms with Crippen molar-refractivity contribution in [2.75, 3.05) is 32.8 Å². The van der Waals surface area contributed by atoms with Crippen molar-refractivity contribution in [3.8, 4) is 5.75 Å². The molecule has 0 spiro atoms. The first-order valence-electron chi connectivity index (χ1n) is 6.99. The van der Waals surface area contributed by atoms with Crippen molar-refractivity contribution in [3.05, 3.63) is 28.2 Å². The summed E-state index contributed by atoms with van der Waals surface area (Å²) in [7, 11) is 0.